The van der Waals surface area contributed by atoms with Crippen molar-refractivity contribution in [1.29, 1.82) is 0 Å². The summed E-state index contributed by atoms with van der Waals surface area (Å²) in [5.74, 6) is -0.212. The molecule has 110 valence electrons. The standard InChI is InChI=1S/C14H18BrClN2O2/c1-2-14(20)5-3-10(4-6-14)18-13(19)11-7-9(15)8-17-12(11)16/h7-8,10,20H,2-6H2,1H3,(H,18,19). The Kier molecular flexibility index (Phi) is 5.04. The monoisotopic (exact) mass is 360 g/mol. The second-order valence-electron chi connectivity index (χ2n) is 5.32. The molecular weight excluding hydrogens is 344 g/mol. The predicted octanol–water partition coefficient (Wildman–Crippen LogP) is 3.31. The van der Waals surface area contributed by atoms with Gasteiger partial charge in [0.2, 0.25) is 0 Å². The molecule has 0 saturated heterocycles. The number of hydrogen-bond donors (Lipinski definition) is 2. The molecule has 1 heterocycles. The van der Waals surface area contributed by atoms with E-state index in [1.165, 1.54) is 0 Å². The van der Waals surface area contributed by atoms with Crippen LogP contribution in [0.2, 0.25) is 5.15 Å². The van der Waals surface area contributed by atoms with Gasteiger partial charge in [0.25, 0.3) is 5.91 Å². The molecule has 0 unspecified atom stereocenters. The summed E-state index contributed by atoms with van der Waals surface area (Å²) in [6, 6.07) is 1.75. The molecule has 20 heavy (non-hydrogen) atoms. The molecule has 4 nitrogen and oxygen atoms in total. The number of hydrogen-bond acceptors (Lipinski definition) is 3. The van der Waals surface area contributed by atoms with E-state index in [4.69, 9.17) is 11.6 Å². The van der Waals surface area contributed by atoms with E-state index in [1.807, 2.05) is 6.92 Å². The SMILES string of the molecule is CCC1(O)CCC(NC(=O)c2cc(Br)cnc2Cl)CC1. The predicted molar refractivity (Wildman–Crippen MR) is 81.9 cm³/mol. The van der Waals surface area contributed by atoms with Crippen LogP contribution in [-0.4, -0.2) is 27.6 Å². The highest BCUT2D eigenvalue weighted by Gasteiger charge is 2.32. The van der Waals surface area contributed by atoms with E-state index in [0.717, 1.165) is 36.6 Å². The Balaban J connectivity index is 1.98. The van der Waals surface area contributed by atoms with Gasteiger partial charge in [-0.05, 0) is 54.1 Å². The van der Waals surface area contributed by atoms with Crippen molar-refractivity contribution in [3.63, 3.8) is 0 Å². The lowest BCUT2D eigenvalue weighted by atomic mass is 9.80. The van der Waals surface area contributed by atoms with E-state index in [-0.39, 0.29) is 17.1 Å². The topological polar surface area (TPSA) is 62.2 Å². The van der Waals surface area contributed by atoms with Crippen LogP contribution in [0.1, 0.15) is 49.4 Å². The number of halogens is 2. The van der Waals surface area contributed by atoms with Gasteiger partial charge in [-0.25, -0.2) is 4.98 Å². The van der Waals surface area contributed by atoms with Crippen molar-refractivity contribution >= 4 is 33.4 Å². The number of aromatic nitrogens is 1. The number of nitrogens with zero attached hydrogens (tertiary/aromatic N) is 1. The fourth-order valence-electron chi connectivity index (χ4n) is 2.50. The normalized spacial score (nSPS) is 26.3. The van der Waals surface area contributed by atoms with E-state index in [1.54, 1.807) is 12.3 Å². The number of rotatable bonds is 3. The average molecular weight is 362 g/mol. The first kappa shape index (κ1) is 15.7. The van der Waals surface area contributed by atoms with Crippen LogP contribution in [0.15, 0.2) is 16.7 Å². The zero-order valence-corrected chi connectivity index (χ0v) is 13.7. The summed E-state index contributed by atoms with van der Waals surface area (Å²) in [4.78, 5) is 16.1. The van der Waals surface area contributed by atoms with Crippen molar-refractivity contribution in [2.45, 2.75) is 50.7 Å². The minimum atomic E-state index is -0.559. The molecule has 1 aromatic heterocycles. The summed E-state index contributed by atoms with van der Waals surface area (Å²) < 4.78 is 0.719. The Labute approximate surface area is 132 Å². The average Bonchev–Trinajstić information content (AvgIpc) is 2.44. The van der Waals surface area contributed by atoms with Gasteiger partial charge in [-0.3, -0.25) is 4.79 Å². The van der Waals surface area contributed by atoms with Crippen molar-refractivity contribution < 1.29 is 9.90 Å². The molecule has 0 spiro atoms. The minimum absolute atomic E-state index is 0.0874. The van der Waals surface area contributed by atoms with Gasteiger partial charge in [-0.2, -0.15) is 0 Å². The van der Waals surface area contributed by atoms with Gasteiger partial charge < -0.3 is 10.4 Å². The number of pyridine rings is 1. The molecule has 2 N–H and O–H groups in total. The number of carbonyl (C=O) groups is 1. The van der Waals surface area contributed by atoms with Crippen molar-refractivity contribution in [3.05, 3.63) is 27.5 Å². The molecule has 0 bridgehead atoms. The van der Waals surface area contributed by atoms with Crippen molar-refractivity contribution in [1.82, 2.24) is 10.3 Å². The van der Waals surface area contributed by atoms with Gasteiger partial charge in [0, 0.05) is 16.7 Å². The molecular formula is C14H18BrClN2O2. The number of carbonyl (C=O) groups excluding carboxylic acids is 1. The smallest absolute Gasteiger partial charge is 0.254 e. The summed E-state index contributed by atoms with van der Waals surface area (Å²) >= 11 is 9.22. The third kappa shape index (κ3) is 3.71. The van der Waals surface area contributed by atoms with Gasteiger partial charge in [0.15, 0.2) is 0 Å². The van der Waals surface area contributed by atoms with E-state index in [9.17, 15) is 9.90 Å². The maximum Gasteiger partial charge on any atom is 0.254 e. The lowest BCUT2D eigenvalue weighted by molar-refractivity contribution is -0.00652. The molecule has 0 aliphatic heterocycles. The van der Waals surface area contributed by atoms with Crippen LogP contribution in [0.4, 0.5) is 0 Å². The van der Waals surface area contributed by atoms with Crippen LogP contribution < -0.4 is 5.32 Å². The van der Waals surface area contributed by atoms with Crippen LogP contribution in [0.3, 0.4) is 0 Å². The number of nitrogens with one attached hydrogen (secondary N) is 1. The van der Waals surface area contributed by atoms with E-state index in [2.05, 4.69) is 26.2 Å². The van der Waals surface area contributed by atoms with Crippen LogP contribution >= 0.6 is 27.5 Å². The zero-order chi connectivity index (χ0) is 14.8. The molecule has 0 aromatic carbocycles. The van der Waals surface area contributed by atoms with Gasteiger partial charge in [-0.1, -0.05) is 18.5 Å². The molecule has 0 radical (unpaired) electrons. The Bertz CT molecular complexity index is 502. The molecule has 2 rings (SSSR count). The van der Waals surface area contributed by atoms with Crippen LogP contribution in [0, 0.1) is 0 Å². The largest absolute Gasteiger partial charge is 0.390 e. The molecule has 1 aliphatic carbocycles. The second kappa shape index (κ2) is 6.41. The Morgan fingerprint density at radius 3 is 2.85 bits per heavy atom. The van der Waals surface area contributed by atoms with Crippen LogP contribution in [-0.2, 0) is 0 Å². The van der Waals surface area contributed by atoms with Crippen molar-refractivity contribution in [2.75, 3.05) is 0 Å². The lowest BCUT2D eigenvalue weighted by Gasteiger charge is -2.35. The summed E-state index contributed by atoms with van der Waals surface area (Å²) in [7, 11) is 0. The third-order valence-corrected chi connectivity index (χ3v) is 4.69. The summed E-state index contributed by atoms with van der Waals surface area (Å²) in [5.41, 5.74) is -0.187. The minimum Gasteiger partial charge on any atom is -0.390 e. The van der Waals surface area contributed by atoms with Crippen molar-refractivity contribution in [2.24, 2.45) is 0 Å². The van der Waals surface area contributed by atoms with E-state index in [0.29, 0.717) is 5.56 Å². The maximum atomic E-state index is 12.2. The maximum absolute atomic E-state index is 12.2. The summed E-state index contributed by atoms with van der Waals surface area (Å²) in [6.07, 6.45) is 5.33. The Morgan fingerprint density at radius 1 is 1.60 bits per heavy atom. The fraction of sp³-hybridized carbons (Fsp3) is 0.571. The number of aliphatic hydroxyl groups is 1. The van der Waals surface area contributed by atoms with Gasteiger partial charge in [0.05, 0.1) is 11.2 Å². The first-order valence-electron chi connectivity index (χ1n) is 6.78. The summed E-state index contributed by atoms with van der Waals surface area (Å²) in [6.45, 7) is 1.99. The second-order valence-corrected chi connectivity index (χ2v) is 6.59. The van der Waals surface area contributed by atoms with Gasteiger partial charge in [0.1, 0.15) is 5.15 Å². The lowest BCUT2D eigenvalue weighted by Crippen LogP contribution is -2.43. The summed E-state index contributed by atoms with van der Waals surface area (Å²) in [5, 5.41) is 13.3. The molecule has 1 amide bonds. The Morgan fingerprint density at radius 2 is 2.25 bits per heavy atom. The molecule has 0 atom stereocenters. The quantitative estimate of drug-likeness (QED) is 0.812. The highest BCUT2D eigenvalue weighted by Crippen LogP contribution is 2.31. The molecule has 1 saturated carbocycles. The first-order chi connectivity index (χ1) is 9.43. The molecule has 1 fully saturated rings. The van der Waals surface area contributed by atoms with E-state index >= 15 is 0 Å². The van der Waals surface area contributed by atoms with Crippen LogP contribution in [0.5, 0.6) is 0 Å². The Hall–Kier alpha value is -0.650. The molecule has 1 aromatic rings. The van der Waals surface area contributed by atoms with Gasteiger partial charge in [-0.15, -0.1) is 0 Å². The van der Waals surface area contributed by atoms with E-state index < -0.39 is 5.60 Å². The fourth-order valence-corrected chi connectivity index (χ4v) is 3.02. The molecule has 6 heteroatoms. The van der Waals surface area contributed by atoms with Crippen molar-refractivity contribution in [3.8, 4) is 0 Å². The molecule has 1 aliphatic rings. The van der Waals surface area contributed by atoms with Crippen LogP contribution in [0.25, 0.3) is 0 Å². The zero-order valence-electron chi connectivity index (χ0n) is 11.3. The van der Waals surface area contributed by atoms with Gasteiger partial charge >= 0.3 is 0 Å². The third-order valence-electron chi connectivity index (χ3n) is 3.96. The highest BCUT2D eigenvalue weighted by atomic mass is 79.9. The first-order valence-corrected chi connectivity index (χ1v) is 7.95. The highest BCUT2D eigenvalue weighted by molar-refractivity contribution is 9.10. The number of amides is 1.